The van der Waals surface area contributed by atoms with Crippen LogP contribution in [0.2, 0.25) is 0 Å². The smallest absolute Gasteiger partial charge is 0.374 e. The lowest BCUT2D eigenvalue weighted by molar-refractivity contribution is -0.0605. The first-order valence-corrected chi connectivity index (χ1v) is 17.0. The van der Waals surface area contributed by atoms with Crippen molar-refractivity contribution in [2.45, 2.75) is 69.4 Å². The highest BCUT2D eigenvalue weighted by atomic mass is 31.2. The number of halogens is 1. The van der Waals surface area contributed by atoms with Crippen LogP contribution in [-0.4, -0.2) is 95.9 Å². The first-order chi connectivity index (χ1) is 22.2. The van der Waals surface area contributed by atoms with Crippen molar-refractivity contribution in [3.63, 3.8) is 0 Å². The number of anilines is 1. The molecule has 21 nitrogen and oxygen atoms in total. The fraction of sp³-hybridized carbons (Fsp3) is 0.609. The normalized spacial score (nSPS) is 30.4. The highest BCUT2D eigenvalue weighted by molar-refractivity contribution is 7.47. The number of aromatic nitrogens is 6. The molecule has 5 heterocycles. The molecule has 0 amide bonds. The van der Waals surface area contributed by atoms with Crippen LogP contribution >= 0.6 is 15.6 Å². The molecule has 0 radical (unpaired) electrons. The number of H-pyrrole nitrogens is 2. The zero-order chi connectivity index (χ0) is 34.3. The van der Waals surface area contributed by atoms with Crippen LogP contribution in [0.15, 0.2) is 33.0 Å². The number of hydrogen-bond donors (Lipinski definition) is 5. The van der Waals surface area contributed by atoms with Gasteiger partial charge in [0, 0.05) is 19.4 Å². The largest absolute Gasteiger partial charge is 0.472 e. The number of ether oxygens (including phenoxy) is 3. The molecule has 5 rings (SSSR count). The lowest BCUT2D eigenvalue weighted by atomic mass is 10.1. The molecule has 0 aliphatic carbocycles. The van der Waals surface area contributed by atoms with Gasteiger partial charge in [-0.2, -0.15) is 4.98 Å². The standard InChI is InChI=1S/C23H32FN7O14P2/c1-4-10-15(13(24)20(42-10)30-7-6-12(32)27-23(30)34)44-47(37,38)41-8-11-16(45-46(35,36)40-5-2)17(39-3)21(43-11)31-9-26-14-18(31)28-22(25)29-19(14)33/h6-7,9-11,13,15-17,20-21H,4-5,8H2,1-3H3,(H,35,36)(H,37,38)(H,27,32,34)(H3,25,28,29,33)/t10-,11-,13?,15+,16+,17?,20-,21-/m1/s1. The first kappa shape index (κ1) is 35.2. The predicted molar refractivity (Wildman–Crippen MR) is 155 cm³/mol. The number of aromatic amines is 2. The molecule has 260 valence electrons. The first-order valence-electron chi connectivity index (χ1n) is 14.0. The number of hydrogen-bond acceptors (Lipinski definition) is 15. The highest BCUT2D eigenvalue weighted by Gasteiger charge is 2.53. The molecule has 2 aliphatic heterocycles. The zero-order valence-electron chi connectivity index (χ0n) is 24.9. The molecular weight excluding hydrogens is 679 g/mol. The Hall–Kier alpha value is -3.14. The van der Waals surface area contributed by atoms with Crippen LogP contribution in [0.1, 0.15) is 32.7 Å². The molecule has 6 N–H and O–H groups in total. The van der Waals surface area contributed by atoms with Crippen LogP contribution in [0, 0.1) is 0 Å². The average Bonchev–Trinajstić information content (AvgIpc) is 3.65. The van der Waals surface area contributed by atoms with E-state index >= 15 is 4.39 Å². The summed E-state index contributed by atoms with van der Waals surface area (Å²) in [7, 11) is -8.71. The van der Waals surface area contributed by atoms with E-state index in [1.807, 2.05) is 4.98 Å². The number of fused-ring (bicyclic) bond motifs is 1. The molecule has 47 heavy (non-hydrogen) atoms. The van der Waals surface area contributed by atoms with E-state index in [1.54, 1.807) is 6.92 Å². The van der Waals surface area contributed by atoms with Gasteiger partial charge in [-0.1, -0.05) is 6.92 Å². The number of nitrogen functional groups attached to an aromatic ring is 1. The van der Waals surface area contributed by atoms with Gasteiger partial charge >= 0.3 is 21.3 Å². The Morgan fingerprint density at radius 3 is 2.34 bits per heavy atom. The predicted octanol–water partition coefficient (Wildman–Crippen LogP) is -0.166. The molecule has 3 aromatic rings. The number of phosphoric ester groups is 2. The van der Waals surface area contributed by atoms with Gasteiger partial charge in [-0.15, -0.1) is 0 Å². The molecule has 4 unspecified atom stereocenters. The minimum absolute atomic E-state index is 0.0521. The van der Waals surface area contributed by atoms with Crippen molar-refractivity contribution in [3.05, 3.63) is 49.8 Å². The summed E-state index contributed by atoms with van der Waals surface area (Å²) >= 11 is 0. The summed E-state index contributed by atoms with van der Waals surface area (Å²) in [5.41, 5.74) is 3.14. The lowest BCUT2D eigenvalue weighted by Gasteiger charge is -2.26. The van der Waals surface area contributed by atoms with Crippen LogP contribution in [0.4, 0.5) is 10.3 Å². The summed E-state index contributed by atoms with van der Waals surface area (Å²) in [6, 6.07) is 0.972. The monoisotopic (exact) mass is 711 g/mol. The van der Waals surface area contributed by atoms with Crippen LogP contribution in [-0.2, 0) is 41.4 Å². The van der Waals surface area contributed by atoms with Crippen LogP contribution in [0.3, 0.4) is 0 Å². The summed E-state index contributed by atoms with van der Waals surface area (Å²) < 4.78 is 80.9. The van der Waals surface area contributed by atoms with Crippen molar-refractivity contribution in [2.75, 3.05) is 26.1 Å². The second kappa shape index (κ2) is 13.8. The van der Waals surface area contributed by atoms with Gasteiger partial charge in [0.25, 0.3) is 11.1 Å². The molecule has 0 aromatic carbocycles. The third kappa shape index (κ3) is 7.32. The number of imidazole rings is 1. The quantitative estimate of drug-likeness (QED) is 0.144. The number of nitrogens with zero attached hydrogens (tertiary/aromatic N) is 4. The maximum absolute atomic E-state index is 15.6. The molecule has 0 bridgehead atoms. The minimum Gasteiger partial charge on any atom is -0.374 e. The van der Waals surface area contributed by atoms with Crippen molar-refractivity contribution >= 4 is 32.8 Å². The highest BCUT2D eigenvalue weighted by Crippen LogP contribution is 2.52. The van der Waals surface area contributed by atoms with E-state index in [-0.39, 0.29) is 30.1 Å². The van der Waals surface area contributed by atoms with Gasteiger partial charge in [-0.25, -0.2) is 23.3 Å². The molecule has 24 heteroatoms. The minimum atomic E-state index is -5.17. The Bertz CT molecular complexity index is 1870. The number of nitrogens with one attached hydrogen (secondary N) is 2. The molecule has 2 fully saturated rings. The van der Waals surface area contributed by atoms with Crippen LogP contribution < -0.4 is 22.5 Å². The fourth-order valence-corrected chi connectivity index (χ4v) is 7.18. The summed E-state index contributed by atoms with van der Waals surface area (Å²) in [5, 5.41) is 0. The SMILES string of the molecule is CCOP(=O)(O)O[C@@H]1C(OC)[C@H](n2cnc3c(=O)[nH]c(N)nc32)O[C@@H]1COP(=O)(O)O[C@@H]1C(F)[C@H](n2ccc(=O)[nH]c2=O)O[C@@H]1CC. The second-order valence-electron chi connectivity index (χ2n) is 10.3. The molecule has 3 aromatic heterocycles. The number of alkyl halides is 1. The molecule has 2 saturated heterocycles. The topological polar surface area (TPSA) is 284 Å². The van der Waals surface area contributed by atoms with E-state index in [4.69, 9.17) is 38.0 Å². The van der Waals surface area contributed by atoms with Gasteiger partial charge in [0.1, 0.15) is 24.4 Å². The summed E-state index contributed by atoms with van der Waals surface area (Å²) in [6.45, 7) is 1.94. The third-order valence-corrected chi connectivity index (χ3v) is 9.36. The summed E-state index contributed by atoms with van der Waals surface area (Å²) in [4.78, 5) is 69.2. The molecular formula is C23H32FN7O14P2. The van der Waals surface area contributed by atoms with Crippen molar-refractivity contribution in [2.24, 2.45) is 0 Å². The van der Waals surface area contributed by atoms with Gasteiger partial charge in [0.15, 0.2) is 29.8 Å². The Labute approximate surface area is 262 Å². The average molecular weight is 711 g/mol. The fourth-order valence-electron chi connectivity index (χ4n) is 5.27. The number of phosphoric acid groups is 2. The maximum Gasteiger partial charge on any atom is 0.472 e. The number of nitrogens with two attached hydrogens (primary N) is 1. The van der Waals surface area contributed by atoms with E-state index in [0.717, 1.165) is 16.8 Å². The van der Waals surface area contributed by atoms with Gasteiger partial charge in [-0.3, -0.25) is 46.8 Å². The van der Waals surface area contributed by atoms with E-state index < -0.39 is 88.2 Å². The number of rotatable bonds is 13. The maximum atomic E-state index is 15.6. The summed E-state index contributed by atoms with van der Waals surface area (Å²) in [5.74, 6) is -0.251. The van der Waals surface area contributed by atoms with E-state index in [1.165, 1.54) is 24.9 Å². The van der Waals surface area contributed by atoms with Crippen molar-refractivity contribution in [1.29, 1.82) is 0 Å². The van der Waals surface area contributed by atoms with Gasteiger partial charge in [0.05, 0.1) is 25.6 Å². The zero-order valence-corrected chi connectivity index (χ0v) is 26.7. The number of methoxy groups -OCH3 is 1. The molecule has 0 saturated carbocycles. The van der Waals surface area contributed by atoms with Crippen molar-refractivity contribution in [1.82, 2.24) is 29.1 Å². The second-order valence-corrected chi connectivity index (χ2v) is 13.1. The molecule has 2 aliphatic rings. The van der Waals surface area contributed by atoms with Crippen LogP contribution in [0.5, 0.6) is 0 Å². The Kier molecular flexibility index (Phi) is 10.3. The lowest BCUT2D eigenvalue weighted by Crippen LogP contribution is -2.38. The van der Waals surface area contributed by atoms with E-state index in [2.05, 4.69) is 15.0 Å². The van der Waals surface area contributed by atoms with E-state index in [9.17, 15) is 33.3 Å². The van der Waals surface area contributed by atoms with Gasteiger partial charge in [0.2, 0.25) is 5.95 Å². The van der Waals surface area contributed by atoms with Crippen LogP contribution in [0.25, 0.3) is 11.2 Å². The Morgan fingerprint density at radius 1 is 1.00 bits per heavy atom. The summed E-state index contributed by atoms with van der Waals surface area (Å²) in [6.07, 6.45) is -9.86. The Balaban J connectivity index is 1.38. The van der Waals surface area contributed by atoms with E-state index in [0.29, 0.717) is 0 Å². The molecule has 10 atom stereocenters. The Morgan fingerprint density at radius 2 is 1.68 bits per heavy atom. The van der Waals surface area contributed by atoms with Gasteiger partial charge in [-0.05, 0) is 13.3 Å². The van der Waals surface area contributed by atoms with Crippen molar-refractivity contribution < 1.29 is 55.6 Å². The van der Waals surface area contributed by atoms with Crippen molar-refractivity contribution in [3.8, 4) is 0 Å². The third-order valence-electron chi connectivity index (χ3n) is 7.28. The molecule has 0 spiro atoms. The van der Waals surface area contributed by atoms with Gasteiger partial charge < -0.3 is 29.7 Å².